The van der Waals surface area contributed by atoms with E-state index in [1.54, 1.807) is 10.6 Å². The molecule has 4 aromatic heterocycles. The normalized spacial score (nSPS) is 18.0. The summed E-state index contributed by atoms with van der Waals surface area (Å²) in [4.78, 5) is 27.7. The molecule has 0 spiro atoms. The second-order valence-corrected chi connectivity index (χ2v) is 11.9. The summed E-state index contributed by atoms with van der Waals surface area (Å²) in [5, 5.41) is 7.67. The van der Waals surface area contributed by atoms with Crippen molar-refractivity contribution in [3.8, 4) is 11.3 Å². The summed E-state index contributed by atoms with van der Waals surface area (Å²) in [7, 11) is 0. The summed E-state index contributed by atoms with van der Waals surface area (Å²) in [6.07, 6.45) is 4.56. The minimum Gasteiger partial charge on any atom is -0.382 e. The van der Waals surface area contributed by atoms with Crippen molar-refractivity contribution >= 4 is 34.3 Å². The number of nitrogen functional groups attached to an aromatic ring is 1. The van der Waals surface area contributed by atoms with E-state index in [4.69, 9.17) is 15.2 Å². The molecule has 0 radical (unpaired) electrons. The average Bonchev–Trinajstić information content (AvgIpc) is 3.57. The standard InChI is InChI=1S/C29H35FN8O3S/c1-19-13-21(17-41-12-9-36-7-10-40-11-8-36)27(42-19)29(39)35-22-3-2-6-37(16-22)24-15-23(20-4-5-32-25(30)14-20)38-26(24)28(31)33-18-34-38/h4-5,13-15,18,22H,2-3,6-12,16-17H2,1H3,(H,35,39)(H2,31,33,34)/t22-/m1/s1. The maximum Gasteiger partial charge on any atom is 0.262 e. The van der Waals surface area contributed by atoms with Gasteiger partial charge in [0.15, 0.2) is 5.82 Å². The molecule has 2 fully saturated rings. The van der Waals surface area contributed by atoms with E-state index in [1.165, 1.54) is 29.9 Å². The number of nitrogens with zero attached hydrogens (tertiary/aromatic N) is 6. The van der Waals surface area contributed by atoms with Crippen LogP contribution in [0.3, 0.4) is 0 Å². The van der Waals surface area contributed by atoms with Gasteiger partial charge in [-0.2, -0.15) is 9.49 Å². The molecule has 0 aliphatic carbocycles. The maximum atomic E-state index is 14.0. The summed E-state index contributed by atoms with van der Waals surface area (Å²) >= 11 is 1.50. The van der Waals surface area contributed by atoms with Gasteiger partial charge in [-0.25, -0.2) is 14.5 Å². The molecule has 2 aliphatic rings. The van der Waals surface area contributed by atoms with Gasteiger partial charge in [-0.05, 0) is 38.0 Å². The Morgan fingerprint density at radius 2 is 2.10 bits per heavy atom. The maximum absolute atomic E-state index is 14.0. The Balaban J connectivity index is 1.14. The molecule has 42 heavy (non-hydrogen) atoms. The van der Waals surface area contributed by atoms with Crippen molar-refractivity contribution in [2.45, 2.75) is 32.4 Å². The first-order valence-electron chi connectivity index (χ1n) is 14.2. The lowest BCUT2D eigenvalue weighted by molar-refractivity contribution is 0.0180. The van der Waals surface area contributed by atoms with E-state index in [0.717, 1.165) is 68.4 Å². The van der Waals surface area contributed by atoms with Crippen LogP contribution in [0.5, 0.6) is 0 Å². The van der Waals surface area contributed by atoms with Crippen molar-refractivity contribution in [2.24, 2.45) is 0 Å². The number of morpholine rings is 1. The minimum absolute atomic E-state index is 0.0635. The number of carbonyl (C=O) groups excluding carboxylic acids is 1. The lowest BCUT2D eigenvalue weighted by Crippen LogP contribution is -2.47. The Kier molecular flexibility index (Phi) is 8.60. The third-order valence-corrected chi connectivity index (χ3v) is 8.83. The molecule has 4 aromatic rings. The van der Waals surface area contributed by atoms with Gasteiger partial charge in [0.2, 0.25) is 5.95 Å². The van der Waals surface area contributed by atoms with Crippen molar-refractivity contribution < 1.29 is 18.7 Å². The van der Waals surface area contributed by atoms with Crippen molar-refractivity contribution in [1.29, 1.82) is 0 Å². The van der Waals surface area contributed by atoms with Gasteiger partial charge in [0.25, 0.3) is 5.91 Å². The van der Waals surface area contributed by atoms with Crippen LogP contribution in [0.1, 0.15) is 33.0 Å². The molecule has 0 aromatic carbocycles. The number of hydrogen-bond donors (Lipinski definition) is 2. The molecule has 1 atom stereocenters. The lowest BCUT2D eigenvalue weighted by atomic mass is 10.0. The van der Waals surface area contributed by atoms with Gasteiger partial charge in [0.1, 0.15) is 11.8 Å². The van der Waals surface area contributed by atoms with Crippen molar-refractivity contribution in [2.75, 3.05) is 63.2 Å². The van der Waals surface area contributed by atoms with Crippen molar-refractivity contribution in [1.82, 2.24) is 29.8 Å². The van der Waals surface area contributed by atoms with Crippen LogP contribution in [0, 0.1) is 12.9 Å². The fourth-order valence-electron chi connectivity index (χ4n) is 5.69. The first-order valence-corrected chi connectivity index (χ1v) is 15.0. The second-order valence-electron chi connectivity index (χ2n) is 10.7. The molecular formula is C29H35FN8O3S. The van der Waals surface area contributed by atoms with Crippen LogP contribution in [0.15, 0.2) is 36.8 Å². The first kappa shape index (κ1) is 28.5. The van der Waals surface area contributed by atoms with Crippen LogP contribution in [0.4, 0.5) is 15.9 Å². The highest BCUT2D eigenvalue weighted by Gasteiger charge is 2.27. The highest BCUT2D eigenvalue weighted by molar-refractivity contribution is 7.14. The lowest BCUT2D eigenvalue weighted by Gasteiger charge is -2.34. The van der Waals surface area contributed by atoms with Crippen LogP contribution >= 0.6 is 11.3 Å². The highest BCUT2D eigenvalue weighted by Crippen LogP contribution is 2.35. The Labute approximate surface area is 247 Å². The molecule has 13 heteroatoms. The number of carbonyl (C=O) groups is 1. The molecular weight excluding hydrogens is 559 g/mol. The van der Waals surface area contributed by atoms with Crippen LogP contribution in [-0.2, 0) is 16.1 Å². The van der Waals surface area contributed by atoms with E-state index < -0.39 is 5.95 Å². The van der Waals surface area contributed by atoms with Crippen LogP contribution < -0.4 is 16.0 Å². The predicted octanol–water partition coefficient (Wildman–Crippen LogP) is 3.13. The molecule has 222 valence electrons. The molecule has 0 saturated carbocycles. The van der Waals surface area contributed by atoms with E-state index in [1.807, 2.05) is 19.1 Å². The number of aromatic nitrogens is 4. The molecule has 1 amide bonds. The number of ether oxygens (including phenoxy) is 2. The van der Waals surface area contributed by atoms with E-state index in [9.17, 15) is 9.18 Å². The third kappa shape index (κ3) is 6.24. The summed E-state index contributed by atoms with van der Waals surface area (Å²) in [6.45, 7) is 8.64. The molecule has 11 nitrogen and oxygen atoms in total. The number of thiophene rings is 1. The zero-order chi connectivity index (χ0) is 29.1. The van der Waals surface area contributed by atoms with Gasteiger partial charge in [0.05, 0.1) is 42.7 Å². The quantitative estimate of drug-likeness (QED) is 0.222. The first-order chi connectivity index (χ1) is 20.5. The number of hydrogen-bond acceptors (Lipinski definition) is 10. The summed E-state index contributed by atoms with van der Waals surface area (Å²) in [5.41, 5.74) is 10.1. The predicted molar refractivity (Wildman–Crippen MR) is 159 cm³/mol. The molecule has 6 rings (SSSR count). The third-order valence-electron chi connectivity index (χ3n) is 7.73. The molecule has 2 saturated heterocycles. The fraction of sp³-hybridized carbons (Fsp3) is 0.448. The topological polar surface area (TPSA) is 123 Å². The number of fused-ring (bicyclic) bond motifs is 1. The summed E-state index contributed by atoms with van der Waals surface area (Å²) in [5.74, 6) is -0.319. The number of pyridine rings is 1. The van der Waals surface area contributed by atoms with E-state index in [2.05, 4.69) is 30.2 Å². The van der Waals surface area contributed by atoms with Gasteiger partial charge < -0.3 is 25.4 Å². The molecule has 3 N–H and O–H groups in total. The van der Waals surface area contributed by atoms with E-state index in [-0.39, 0.29) is 11.9 Å². The van der Waals surface area contributed by atoms with Gasteiger partial charge >= 0.3 is 0 Å². The Morgan fingerprint density at radius 1 is 1.24 bits per heavy atom. The highest BCUT2D eigenvalue weighted by atomic mass is 32.1. The number of nitrogens with two attached hydrogens (primary N) is 1. The number of rotatable bonds is 9. The smallest absolute Gasteiger partial charge is 0.262 e. The molecule has 0 unspecified atom stereocenters. The van der Waals surface area contributed by atoms with Gasteiger partial charge in [0, 0.05) is 67.0 Å². The van der Waals surface area contributed by atoms with Gasteiger partial charge in [-0.1, -0.05) is 0 Å². The summed E-state index contributed by atoms with van der Waals surface area (Å²) < 4.78 is 27.0. The Bertz CT molecular complexity index is 1550. The number of halogens is 1. The van der Waals surface area contributed by atoms with Crippen LogP contribution in [0.2, 0.25) is 0 Å². The number of aryl methyl sites for hydroxylation is 1. The molecule has 2 aliphatic heterocycles. The Hall–Kier alpha value is -3.65. The van der Waals surface area contributed by atoms with Crippen molar-refractivity contribution in [3.05, 3.63) is 58.1 Å². The zero-order valence-corrected chi connectivity index (χ0v) is 24.4. The minimum atomic E-state index is -0.572. The van der Waals surface area contributed by atoms with E-state index >= 15 is 0 Å². The Morgan fingerprint density at radius 3 is 2.93 bits per heavy atom. The molecule has 0 bridgehead atoms. The second kappa shape index (κ2) is 12.7. The SMILES string of the molecule is Cc1cc(COCCN2CCOCC2)c(C(=O)N[C@@H]2CCCN(c3cc(-c4ccnc(F)c4)n4ncnc(N)c34)C2)s1. The van der Waals surface area contributed by atoms with Gasteiger partial charge in [-0.15, -0.1) is 11.3 Å². The fourth-order valence-corrected chi connectivity index (χ4v) is 6.61. The van der Waals surface area contributed by atoms with Crippen LogP contribution in [0.25, 0.3) is 16.8 Å². The van der Waals surface area contributed by atoms with Gasteiger partial charge in [-0.3, -0.25) is 9.69 Å². The van der Waals surface area contributed by atoms with Crippen LogP contribution in [-0.4, -0.2) is 89.0 Å². The summed E-state index contributed by atoms with van der Waals surface area (Å²) in [6, 6.07) is 7.04. The average molecular weight is 595 g/mol. The number of anilines is 2. The number of amides is 1. The monoisotopic (exact) mass is 594 g/mol. The number of piperidine rings is 1. The number of nitrogens with one attached hydrogen (secondary N) is 1. The zero-order valence-electron chi connectivity index (χ0n) is 23.6. The van der Waals surface area contributed by atoms with E-state index in [0.29, 0.717) is 47.2 Å². The largest absolute Gasteiger partial charge is 0.382 e. The van der Waals surface area contributed by atoms with Crippen molar-refractivity contribution in [3.63, 3.8) is 0 Å². The molecule has 6 heterocycles.